The summed E-state index contributed by atoms with van der Waals surface area (Å²) in [4.78, 5) is 11.6. The Balaban J connectivity index is 2.21. The minimum atomic E-state index is -4.12. The topological polar surface area (TPSA) is 17.1 Å². The number of carbonyl (C=O) groups excluding carboxylic acids is 1. The van der Waals surface area contributed by atoms with E-state index in [1.165, 1.54) is 0 Å². The fourth-order valence-corrected chi connectivity index (χ4v) is 2.41. The van der Waals surface area contributed by atoms with E-state index in [4.69, 9.17) is 0 Å². The van der Waals surface area contributed by atoms with E-state index in [-0.39, 0.29) is 24.5 Å². The zero-order valence-electron chi connectivity index (χ0n) is 9.65. The van der Waals surface area contributed by atoms with Crippen LogP contribution in [0.5, 0.6) is 0 Å². The van der Waals surface area contributed by atoms with Gasteiger partial charge in [-0.1, -0.05) is 13.3 Å². The van der Waals surface area contributed by atoms with Gasteiger partial charge >= 0.3 is 6.18 Å². The first kappa shape index (κ1) is 13.5. The molecule has 94 valence electrons. The zero-order chi connectivity index (χ0) is 12.2. The maximum atomic E-state index is 11.9. The van der Waals surface area contributed by atoms with Gasteiger partial charge in [0.2, 0.25) is 0 Å². The fraction of sp³-hybridized carbons (Fsp3) is 0.917. The lowest BCUT2D eigenvalue weighted by molar-refractivity contribution is -0.137. The van der Waals surface area contributed by atoms with Crippen molar-refractivity contribution in [3.63, 3.8) is 0 Å². The average Bonchev–Trinajstić information content (AvgIpc) is 2.63. The molecule has 1 nitrogen and oxygen atoms in total. The summed E-state index contributed by atoms with van der Waals surface area (Å²) in [7, 11) is 0. The van der Waals surface area contributed by atoms with Gasteiger partial charge in [0.15, 0.2) is 0 Å². The number of carbonyl (C=O) groups is 1. The van der Waals surface area contributed by atoms with Crippen molar-refractivity contribution >= 4 is 5.78 Å². The molecule has 0 amide bonds. The summed E-state index contributed by atoms with van der Waals surface area (Å²) >= 11 is 0. The Morgan fingerprint density at radius 2 is 2.00 bits per heavy atom. The first-order valence-electron chi connectivity index (χ1n) is 6.02. The van der Waals surface area contributed by atoms with Crippen LogP contribution >= 0.6 is 0 Å². The van der Waals surface area contributed by atoms with Crippen LogP contribution in [-0.2, 0) is 4.79 Å². The van der Waals surface area contributed by atoms with Crippen LogP contribution < -0.4 is 0 Å². The number of hydrogen-bond donors (Lipinski definition) is 0. The average molecular weight is 236 g/mol. The summed E-state index contributed by atoms with van der Waals surface area (Å²) in [5.74, 6) is 0.690. The highest BCUT2D eigenvalue weighted by atomic mass is 19.4. The van der Waals surface area contributed by atoms with E-state index < -0.39 is 12.6 Å². The Morgan fingerprint density at radius 1 is 1.31 bits per heavy atom. The van der Waals surface area contributed by atoms with E-state index in [1.54, 1.807) is 0 Å². The second-order valence-corrected chi connectivity index (χ2v) is 4.72. The van der Waals surface area contributed by atoms with Crippen molar-refractivity contribution in [2.75, 3.05) is 0 Å². The van der Waals surface area contributed by atoms with Crippen LogP contribution in [0.15, 0.2) is 0 Å². The molecule has 0 saturated heterocycles. The Kier molecular flexibility index (Phi) is 4.81. The van der Waals surface area contributed by atoms with Gasteiger partial charge in [-0.15, -0.1) is 0 Å². The number of alkyl halides is 3. The normalized spacial score (nSPS) is 26.0. The van der Waals surface area contributed by atoms with E-state index in [0.29, 0.717) is 5.92 Å². The third-order valence-electron chi connectivity index (χ3n) is 3.46. The fourth-order valence-electron chi connectivity index (χ4n) is 2.41. The highest BCUT2D eigenvalue weighted by Gasteiger charge is 2.30. The Hall–Kier alpha value is -0.540. The molecule has 0 aromatic heterocycles. The van der Waals surface area contributed by atoms with E-state index in [2.05, 4.69) is 6.92 Å². The first-order valence-corrected chi connectivity index (χ1v) is 6.02. The molecule has 0 N–H and O–H groups in total. The molecule has 0 spiro atoms. The second kappa shape index (κ2) is 5.69. The van der Waals surface area contributed by atoms with Crippen molar-refractivity contribution in [3.05, 3.63) is 0 Å². The molecule has 1 fully saturated rings. The van der Waals surface area contributed by atoms with Crippen LogP contribution in [0.3, 0.4) is 0 Å². The van der Waals surface area contributed by atoms with Crippen LogP contribution in [0.1, 0.15) is 51.9 Å². The summed E-state index contributed by atoms with van der Waals surface area (Å²) in [6, 6.07) is 0. The van der Waals surface area contributed by atoms with Crippen molar-refractivity contribution < 1.29 is 18.0 Å². The Labute approximate surface area is 94.4 Å². The van der Waals surface area contributed by atoms with E-state index in [9.17, 15) is 18.0 Å². The van der Waals surface area contributed by atoms with E-state index in [0.717, 1.165) is 25.7 Å². The van der Waals surface area contributed by atoms with Crippen LogP contribution in [0.25, 0.3) is 0 Å². The predicted molar refractivity (Wildman–Crippen MR) is 56.0 cm³/mol. The largest absolute Gasteiger partial charge is 0.389 e. The number of ketones is 1. The third kappa shape index (κ3) is 4.54. The van der Waals surface area contributed by atoms with Gasteiger partial charge < -0.3 is 0 Å². The molecule has 1 rings (SSSR count). The van der Waals surface area contributed by atoms with Crippen LogP contribution in [0, 0.1) is 11.8 Å². The summed E-state index contributed by atoms with van der Waals surface area (Å²) in [5.41, 5.74) is 0. The molecule has 2 atom stereocenters. The van der Waals surface area contributed by atoms with Gasteiger partial charge in [-0.2, -0.15) is 13.2 Å². The molecule has 0 bridgehead atoms. The van der Waals surface area contributed by atoms with Gasteiger partial charge in [0, 0.05) is 18.8 Å². The molecule has 1 saturated carbocycles. The Bertz CT molecular complexity index is 235. The highest BCUT2D eigenvalue weighted by molar-refractivity contribution is 5.81. The van der Waals surface area contributed by atoms with E-state index >= 15 is 0 Å². The van der Waals surface area contributed by atoms with Gasteiger partial charge in [0.05, 0.1) is 0 Å². The van der Waals surface area contributed by atoms with Crippen LogP contribution in [0.2, 0.25) is 0 Å². The summed E-state index contributed by atoms with van der Waals surface area (Å²) in [6.45, 7) is 2.10. The number of rotatable bonds is 5. The van der Waals surface area contributed by atoms with Crippen molar-refractivity contribution in [1.82, 2.24) is 0 Å². The van der Waals surface area contributed by atoms with E-state index in [1.807, 2.05) is 0 Å². The highest BCUT2D eigenvalue weighted by Crippen LogP contribution is 2.34. The molecule has 4 heteroatoms. The second-order valence-electron chi connectivity index (χ2n) is 4.72. The zero-order valence-corrected chi connectivity index (χ0v) is 9.65. The minimum Gasteiger partial charge on any atom is -0.299 e. The SMILES string of the molecule is CCC1CCC(C(=O)CCCC(F)(F)F)C1. The monoisotopic (exact) mass is 236 g/mol. The van der Waals surface area contributed by atoms with Crippen LogP contribution in [-0.4, -0.2) is 12.0 Å². The maximum absolute atomic E-state index is 11.9. The third-order valence-corrected chi connectivity index (χ3v) is 3.46. The Morgan fingerprint density at radius 3 is 2.50 bits per heavy atom. The van der Waals surface area contributed by atoms with Gasteiger partial charge in [-0.3, -0.25) is 4.79 Å². The number of halogens is 3. The predicted octanol–water partition coefficient (Wildman–Crippen LogP) is 4.11. The molecule has 2 unspecified atom stereocenters. The van der Waals surface area contributed by atoms with Crippen molar-refractivity contribution in [2.45, 2.75) is 58.0 Å². The van der Waals surface area contributed by atoms with Crippen molar-refractivity contribution in [1.29, 1.82) is 0 Å². The molecule has 0 aromatic rings. The molecule has 1 aliphatic rings. The molecule has 1 aliphatic carbocycles. The van der Waals surface area contributed by atoms with Gasteiger partial charge in [-0.05, 0) is 31.6 Å². The van der Waals surface area contributed by atoms with Crippen LogP contribution in [0.4, 0.5) is 13.2 Å². The van der Waals surface area contributed by atoms with Crippen molar-refractivity contribution in [3.8, 4) is 0 Å². The van der Waals surface area contributed by atoms with Gasteiger partial charge in [-0.25, -0.2) is 0 Å². The molecular formula is C12H19F3O. The first-order chi connectivity index (χ1) is 7.42. The lowest BCUT2D eigenvalue weighted by Gasteiger charge is -2.10. The van der Waals surface area contributed by atoms with Gasteiger partial charge in [0.25, 0.3) is 0 Å². The molecule has 0 aliphatic heterocycles. The number of Topliss-reactive ketones (excluding diaryl/α,β-unsaturated/α-hetero) is 1. The smallest absolute Gasteiger partial charge is 0.299 e. The maximum Gasteiger partial charge on any atom is 0.389 e. The quantitative estimate of drug-likeness (QED) is 0.702. The van der Waals surface area contributed by atoms with Gasteiger partial charge in [0.1, 0.15) is 5.78 Å². The number of hydrogen-bond acceptors (Lipinski definition) is 1. The summed E-state index contributed by atoms with van der Waals surface area (Å²) in [5, 5.41) is 0. The minimum absolute atomic E-state index is 0.0400. The molecule has 0 aromatic carbocycles. The summed E-state index contributed by atoms with van der Waals surface area (Å²) < 4.78 is 35.7. The molecule has 16 heavy (non-hydrogen) atoms. The molecular weight excluding hydrogens is 217 g/mol. The standard InChI is InChI=1S/C12H19F3O/c1-2-9-5-6-10(8-9)11(16)4-3-7-12(13,14)15/h9-10H,2-8H2,1H3. The lowest BCUT2D eigenvalue weighted by atomic mass is 9.96. The molecule has 0 heterocycles. The summed E-state index contributed by atoms with van der Waals surface area (Å²) in [6.07, 6.45) is -0.996. The lowest BCUT2D eigenvalue weighted by Crippen LogP contribution is -2.13. The molecule has 0 radical (unpaired) electrons. The van der Waals surface area contributed by atoms with Crippen molar-refractivity contribution in [2.24, 2.45) is 11.8 Å².